The number of likely N-dealkylation sites (N-methyl/N-ethyl adjacent to an activating group) is 1. The molecular weight excluding hydrogens is 454 g/mol. The van der Waals surface area contributed by atoms with Crippen molar-refractivity contribution in [3.63, 3.8) is 0 Å². The highest BCUT2D eigenvalue weighted by Crippen LogP contribution is 2.17. The molecule has 3 rings (SSSR count). The number of aromatic nitrogens is 1. The Balaban J connectivity index is 1.36. The van der Waals surface area contributed by atoms with Crippen molar-refractivity contribution in [2.45, 2.75) is 45.8 Å². The number of benzene rings is 2. The Morgan fingerprint density at radius 3 is 2.50 bits per heavy atom. The molecule has 0 atom stereocenters. The molecule has 0 aliphatic rings. The van der Waals surface area contributed by atoms with E-state index in [9.17, 15) is 9.59 Å². The average Bonchev–Trinajstić information content (AvgIpc) is 3.27. The van der Waals surface area contributed by atoms with E-state index in [1.807, 2.05) is 46.0 Å². The lowest BCUT2D eigenvalue weighted by atomic mass is 10.1. The van der Waals surface area contributed by atoms with Crippen molar-refractivity contribution in [2.75, 3.05) is 26.7 Å². The van der Waals surface area contributed by atoms with Gasteiger partial charge >= 0.3 is 0 Å². The van der Waals surface area contributed by atoms with Gasteiger partial charge in [0.1, 0.15) is 5.69 Å². The quantitative estimate of drug-likeness (QED) is 0.296. The van der Waals surface area contributed by atoms with E-state index < -0.39 is 5.60 Å². The molecule has 0 bridgehead atoms. The second-order valence-electron chi connectivity index (χ2n) is 9.96. The maximum atomic E-state index is 12.5. The number of carbonyl (C=O) groups is 2. The third-order valence-corrected chi connectivity index (χ3v) is 5.65. The fourth-order valence-corrected chi connectivity index (χ4v) is 3.88. The second kappa shape index (κ2) is 12.3. The minimum absolute atomic E-state index is 0.153. The lowest BCUT2D eigenvalue weighted by Gasteiger charge is -2.26. The summed E-state index contributed by atoms with van der Waals surface area (Å²) in [5.41, 5.74) is 3.74. The van der Waals surface area contributed by atoms with Crippen molar-refractivity contribution in [1.29, 1.82) is 5.26 Å². The number of nitrogens with one attached hydrogen (secondary N) is 2. The molecule has 1 heterocycles. The van der Waals surface area contributed by atoms with Crippen LogP contribution in [0, 0.1) is 11.3 Å². The van der Waals surface area contributed by atoms with E-state index >= 15 is 0 Å². The van der Waals surface area contributed by atoms with Gasteiger partial charge in [0.05, 0.1) is 23.8 Å². The zero-order valence-corrected chi connectivity index (χ0v) is 21.5. The Labute approximate surface area is 212 Å². The molecule has 2 N–H and O–H groups in total. The first kappa shape index (κ1) is 26.9. The van der Waals surface area contributed by atoms with Crippen LogP contribution < -0.4 is 5.32 Å². The van der Waals surface area contributed by atoms with Gasteiger partial charge in [0.25, 0.3) is 5.91 Å². The standard InChI is InChI=1S/C28H35N5O3/c1-28(2,3)36-33(20-34)19-22-9-7-21(8-10-22)6-5-14-32(4)15-13-30-27(35)26-17-24-16-23(18-29)11-12-25(24)31-26/h7-12,16-17,20,31H,5-6,13-15,19H2,1-4H3,(H,30,35). The first-order valence-corrected chi connectivity index (χ1v) is 12.2. The van der Waals surface area contributed by atoms with Crippen LogP contribution in [-0.2, 0) is 22.6 Å². The van der Waals surface area contributed by atoms with Crippen molar-refractivity contribution in [3.05, 3.63) is 70.9 Å². The first-order chi connectivity index (χ1) is 17.2. The maximum Gasteiger partial charge on any atom is 0.267 e. The van der Waals surface area contributed by atoms with Crippen LogP contribution in [0.15, 0.2) is 48.5 Å². The van der Waals surface area contributed by atoms with E-state index in [0.717, 1.165) is 42.4 Å². The zero-order chi connectivity index (χ0) is 26.1. The molecule has 190 valence electrons. The van der Waals surface area contributed by atoms with Gasteiger partial charge in [0.2, 0.25) is 6.41 Å². The Hall–Kier alpha value is -3.67. The Morgan fingerprint density at radius 2 is 1.83 bits per heavy atom. The molecule has 2 aromatic carbocycles. The van der Waals surface area contributed by atoms with Crippen molar-refractivity contribution >= 4 is 23.2 Å². The molecule has 0 spiro atoms. The summed E-state index contributed by atoms with van der Waals surface area (Å²) in [5.74, 6) is -0.153. The van der Waals surface area contributed by atoms with Gasteiger partial charge in [-0.2, -0.15) is 5.26 Å². The van der Waals surface area contributed by atoms with Crippen molar-refractivity contribution < 1.29 is 14.4 Å². The third kappa shape index (κ3) is 8.22. The molecule has 8 nitrogen and oxygen atoms in total. The van der Waals surface area contributed by atoms with E-state index in [1.165, 1.54) is 10.6 Å². The summed E-state index contributed by atoms with van der Waals surface area (Å²) >= 11 is 0. The highest BCUT2D eigenvalue weighted by molar-refractivity contribution is 5.98. The van der Waals surface area contributed by atoms with E-state index in [1.54, 1.807) is 18.2 Å². The number of nitrogens with zero attached hydrogens (tertiary/aromatic N) is 3. The van der Waals surface area contributed by atoms with Crippen LogP contribution in [0.3, 0.4) is 0 Å². The number of aromatic amines is 1. The Bertz CT molecular complexity index is 1200. The maximum absolute atomic E-state index is 12.5. The van der Waals surface area contributed by atoms with Gasteiger partial charge in [-0.25, -0.2) is 5.06 Å². The van der Waals surface area contributed by atoms with Crippen LogP contribution in [0.4, 0.5) is 0 Å². The van der Waals surface area contributed by atoms with Gasteiger partial charge in [0, 0.05) is 24.0 Å². The molecule has 2 amide bonds. The number of hydrogen-bond acceptors (Lipinski definition) is 5. The SMILES string of the molecule is CN(CCCc1ccc(CN(C=O)OC(C)(C)C)cc1)CCNC(=O)c1cc2cc(C#N)ccc2[nH]1. The van der Waals surface area contributed by atoms with Gasteiger partial charge in [-0.05, 0) is 82.6 Å². The molecule has 0 saturated heterocycles. The topological polar surface area (TPSA) is 101 Å². The Kier molecular flexibility index (Phi) is 9.23. The zero-order valence-electron chi connectivity index (χ0n) is 21.5. The van der Waals surface area contributed by atoms with Gasteiger partial charge < -0.3 is 15.2 Å². The fraction of sp³-hybridized carbons (Fsp3) is 0.393. The smallest absolute Gasteiger partial charge is 0.267 e. The molecule has 0 radical (unpaired) electrons. The highest BCUT2D eigenvalue weighted by atomic mass is 16.7. The number of fused-ring (bicyclic) bond motifs is 1. The Morgan fingerprint density at radius 1 is 1.11 bits per heavy atom. The summed E-state index contributed by atoms with van der Waals surface area (Å²) in [5, 5.41) is 14.2. The number of amides is 2. The van der Waals surface area contributed by atoms with Crippen LogP contribution >= 0.6 is 0 Å². The molecule has 1 aromatic heterocycles. The van der Waals surface area contributed by atoms with Gasteiger partial charge in [-0.15, -0.1) is 0 Å². The number of hydroxylamine groups is 2. The van der Waals surface area contributed by atoms with Gasteiger partial charge in [-0.3, -0.25) is 14.4 Å². The van der Waals surface area contributed by atoms with Crippen LogP contribution in [-0.4, -0.2) is 59.5 Å². The number of H-pyrrole nitrogens is 1. The minimum Gasteiger partial charge on any atom is -0.351 e. The minimum atomic E-state index is -0.421. The number of hydrogen-bond donors (Lipinski definition) is 2. The van der Waals surface area contributed by atoms with Crippen LogP contribution in [0.1, 0.15) is 54.4 Å². The lowest BCUT2D eigenvalue weighted by Crippen LogP contribution is -2.33. The molecule has 0 aliphatic carbocycles. The van der Waals surface area contributed by atoms with Crippen LogP contribution in [0.2, 0.25) is 0 Å². The summed E-state index contributed by atoms with van der Waals surface area (Å²) in [6, 6.07) is 17.4. The summed E-state index contributed by atoms with van der Waals surface area (Å²) in [6.45, 7) is 8.36. The molecule has 0 unspecified atom stereocenters. The average molecular weight is 490 g/mol. The van der Waals surface area contributed by atoms with Gasteiger partial charge in [-0.1, -0.05) is 24.3 Å². The van der Waals surface area contributed by atoms with E-state index in [0.29, 0.717) is 30.8 Å². The lowest BCUT2D eigenvalue weighted by molar-refractivity contribution is -0.220. The van der Waals surface area contributed by atoms with E-state index in [2.05, 4.69) is 33.4 Å². The summed E-state index contributed by atoms with van der Waals surface area (Å²) in [6.07, 6.45) is 2.66. The van der Waals surface area contributed by atoms with Crippen molar-refractivity contribution in [2.24, 2.45) is 0 Å². The first-order valence-electron chi connectivity index (χ1n) is 12.2. The van der Waals surface area contributed by atoms with Crippen molar-refractivity contribution in [1.82, 2.24) is 20.3 Å². The van der Waals surface area contributed by atoms with E-state index in [4.69, 9.17) is 10.1 Å². The predicted octanol–water partition coefficient (Wildman–Crippen LogP) is 4.02. The number of rotatable bonds is 12. The largest absolute Gasteiger partial charge is 0.351 e. The highest BCUT2D eigenvalue weighted by Gasteiger charge is 2.16. The molecular formula is C28H35N5O3. The molecule has 8 heteroatoms. The normalized spacial score (nSPS) is 11.4. The second-order valence-corrected chi connectivity index (χ2v) is 9.96. The predicted molar refractivity (Wildman–Crippen MR) is 140 cm³/mol. The summed E-state index contributed by atoms with van der Waals surface area (Å²) < 4.78 is 0. The molecule has 3 aromatic rings. The number of carbonyl (C=O) groups excluding carboxylic acids is 2. The molecule has 36 heavy (non-hydrogen) atoms. The van der Waals surface area contributed by atoms with E-state index in [-0.39, 0.29) is 5.91 Å². The molecule has 0 saturated carbocycles. The fourth-order valence-electron chi connectivity index (χ4n) is 3.88. The number of nitriles is 1. The number of aryl methyl sites for hydroxylation is 1. The molecule has 0 aliphatic heterocycles. The van der Waals surface area contributed by atoms with Gasteiger partial charge in [0.15, 0.2) is 0 Å². The summed E-state index contributed by atoms with van der Waals surface area (Å²) in [4.78, 5) is 34.7. The molecule has 0 fully saturated rings. The van der Waals surface area contributed by atoms with Crippen molar-refractivity contribution in [3.8, 4) is 6.07 Å². The summed E-state index contributed by atoms with van der Waals surface area (Å²) in [7, 11) is 2.05. The third-order valence-electron chi connectivity index (χ3n) is 5.65. The monoisotopic (exact) mass is 489 g/mol. The van der Waals surface area contributed by atoms with Crippen LogP contribution in [0.5, 0.6) is 0 Å². The van der Waals surface area contributed by atoms with Crippen LogP contribution in [0.25, 0.3) is 10.9 Å².